The number of H-pyrrole nitrogens is 1. The number of aromatic amines is 1. The van der Waals surface area contributed by atoms with Crippen LogP contribution in [0.1, 0.15) is 41.1 Å². The predicted octanol–water partition coefficient (Wildman–Crippen LogP) is 4.93. The standard InChI is InChI=1S/C25H26N4/c1-2-7-19(8-3-1)15-23-16-27-28-25(23)22-12-6-14-29(18-22)17-21-10-4-9-20-11-5-13-26-24(20)21/h1-5,7-11,13,16,22H,6,12,14-15,17-18H2,(H,27,28)/t22-/m0/s1. The molecule has 29 heavy (non-hydrogen) atoms. The molecule has 1 aliphatic rings. The minimum absolute atomic E-state index is 0.507. The third kappa shape index (κ3) is 3.94. The van der Waals surface area contributed by atoms with Crippen molar-refractivity contribution in [2.45, 2.75) is 31.7 Å². The van der Waals surface area contributed by atoms with E-state index < -0.39 is 0 Å². The molecule has 0 unspecified atom stereocenters. The van der Waals surface area contributed by atoms with Gasteiger partial charge in [0.2, 0.25) is 0 Å². The van der Waals surface area contributed by atoms with Gasteiger partial charge in [0.1, 0.15) is 0 Å². The van der Waals surface area contributed by atoms with E-state index in [9.17, 15) is 0 Å². The topological polar surface area (TPSA) is 44.8 Å². The molecule has 0 radical (unpaired) electrons. The van der Waals surface area contributed by atoms with E-state index in [4.69, 9.17) is 0 Å². The van der Waals surface area contributed by atoms with Crippen molar-refractivity contribution in [2.24, 2.45) is 0 Å². The number of fused-ring (bicyclic) bond motifs is 1. The van der Waals surface area contributed by atoms with Gasteiger partial charge in [-0.15, -0.1) is 0 Å². The molecular weight excluding hydrogens is 356 g/mol. The Morgan fingerprint density at radius 1 is 0.966 bits per heavy atom. The fourth-order valence-electron chi connectivity index (χ4n) is 4.60. The fraction of sp³-hybridized carbons (Fsp3) is 0.280. The molecule has 1 N–H and O–H groups in total. The molecule has 2 aromatic heterocycles. The van der Waals surface area contributed by atoms with Gasteiger partial charge in [-0.25, -0.2) is 0 Å². The summed E-state index contributed by atoms with van der Waals surface area (Å²) in [4.78, 5) is 7.21. The summed E-state index contributed by atoms with van der Waals surface area (Å²) in [5.74, 6) is 0.507. The summed E-state index contributed by atoms with van der Waals surface area (Å²) in [5, 5.41) is 8.93. The highest BCUT2D eigenvalue weighted by molar-refractivity contribution is 5.81. The minimum atomic E-state index is 0.507. The highest BCUT2D eigenvalue weighted by atomic mass is 15.2. The first-order valence-electron chi connectivity index (χ1n) is 10.5. The molecule has 4 aromatic rings. The van der Waals surface area contributed by atoms with Crippen molar-refractivity contribution in [1.82, 2.24) is 20.1 Å². The lowest BCUT2D eigenvalue weighted by Gasteiger charge is -2.33. The van der Waals surface area contributed by atoms with Gasteiger partial charge in [-0.2, -0.15) is 5.10 Å². The van der Waals surface area contributed by atoms with Gasteiger partial charge in [-0.05, 0) is 42.1 Å². The van der Waals surface area contributed by atoms with E-state index in [1.165, 1.54) is 40.6 Å². The third-order valence-corrected chi connectivity index (χ3v) is 6.01. The van der Waals surface area contributed by atoms with Crippen molar-refractivity contribution < 1.29 is 0 Å². The van der Waals surface area contributed by atoms with Crippen LogP contribution in [-0.4, -0.2) is 33.2 Å². The van der Waals surface area contributed by atoms with Crippen LogP contribution in [-0.2, 0) is 13.0 Å². The highest BCUT2D eigenvalue weighted by Gasteiger charge is 2.25. The number of nitrogens with zero attached hydrogens (tertiary/aromatic N) is 3. The SMILES string of the molecule is c1ccc(Cc2cn[nH]c2[C@H]2CCCN(Cc3cccc4cccnc34)C2)cc1. The van der Waals surface area contributed by atoms with Crippen LogP contribution in [0.15, 0.2) is 73.1 Å². The van der Waals surface area contributed by atoms with E-state index in [2.05, 4.69) is 74.7 Å². The van der Waals surface area contributed by atoms with Gasteiger partial charge in [0, 0.05) is 42.7 Å². The smallest absolute Gasteiger partial charge is 0.0746 e. The molecule has 1 atom stereocenters. The number of benzene rings is 2. The molecule has 4 nitrogen and oxygen atoms in total. The van der Waals surface area contributed by atoms with Gasteiger partial charge in [0.05, 0.1) is 11.7 Å². The molecule has 5 rings (SSSR count). The Hall–Kier alpha value is -2.98. The summed E-state index contributed by atoms with van der Waals surface area (Å²) in [7, 11) is 0. The zero-order valence-corrected chi connectivity index (χ0v) is 16.6. The number of aromatic nitrogens is 3. The molecule has 1 aliphatic heterocycles. The summed E-state index contributed by atoms with van der Waals surface area (Å²) in [6, 6.07) is 21.3. The third-order valence-electron chi connectivity index (χ3n) is 6.01. The first-order chi connectivity index (χ1) is 14.4. The summed E-state index contributed by atoms with van der Waals surface area (Å²) in [6.45, 7) is 3.15. The second kappa shape index (κ2) is 8.18. The van der Waals surface area contributed by atoms with Crippen molar-refractivity contribution in [2.75, 3.05) is 13.1 Å². The Morgan fingerprint density at radius 3 is 2.79 bits per heavy atom. The molecule has 1 saturated heterocycles. The van der Waals surface area contributed by atoms with Crippen LogP contribution < -0.4 is 0 Å². The maximum atomic E-state index is 4.63. The Labute approximate surface area is 171 Å². The monoisotopic (exact) mass is 382 g/mol. The van der Waals surface area contributed by atoms with Crippen LogP contribution in [0.4, 0.5) is 0 Å². The highest BCUT2D eigenvalue weighted by Crippen LogP contribution is 2.30. The van der Waals surface area contributed by atoms with Crippen LogP contribution in [0.2, 0.25) is 0 Å². The molecular formula is C25H26N4. The lowest BCUT2D eigenvalue weighted by molar-refractivity contribution is 0.198. The van der Waals surface area contributed by atoms with Crippen LogP contribution in [0.5, 0.6) is 0 Å². The van der Waals surface area contributed by atoms with E-state index in [1.807, 2.05) is 18.5 Å². The van der Waals surface area contributed by atoms with Crippen LogP contribution >= 0.6 is 0 Å². The lowest BCUT2D eigenvalue weighted by Crippen LogP contribution is -2.34. The summed E-state index contributed by atoms with van der Waals surface area (Å²) in [6.07, 6.45) is 7.28. The molecule has 0 bridgehead atoms. The Balaban J connectivity index is 1.33. The minimum Gasteiger partial charge on any atom is -0.298 e. The van der Waals surface area contributed by atoms with E-state index >= 15 is 0 Å². The number of pyridine rings is 1. The number of likely N-dealkylation sites (tertiary alicyclic amines) is 1. The average molecular weight is 383 g/mol. The first kappa shape index (κ1) is 18.1. The number of hydrogen-bond donors (Lipinski definition) is 1. The Morgan fingerprint density at radius 2 is 1.86 bits per heavy atom. The first-order valence-corrected chi connectivity index (χ1v) is 10.5. The van der Waals surface area contributed by atoms with Crippen molar-refractivity contribution in [3.8, 4) is 0 Å². The maximum Gasteiger partial charge on any atom is 0.0746 e. The van der Waals surface area contributed by atoms with Crippen molar-refractivity contribution in [1.29, 1.82) is 0 Å². The van der Waals surface area contributed by atoms with E-state index in [1.54, 1.807) is 0 Å². The number of rotatable bonds is 5. The summed E-state index contributed by atoms with van der Waals surface area (Å²) >= 11 is 0. The zero-order valence-electron chi connectivity index (χ0n) is 16.6. The van der Waals surface area contributed by atoms with Gasteiger partial charge in [-0.3, -0.25) is 15.0 Å². The average Bonchev–Trinajstić information content (AvgIpc) is 3.23. The van der Waals surface area contributed by atoms with Gasteiger partial charge < -0.3 is 0 Å². The summed E-state index contributed by atoms with van der Waals surface area (Å²) < 4.78 is 0. The number of piperidine rings is 1. The Kier molecular flexibility index (Phi) is 5.10. The molecule has 3 heterocycles. The molecule has 4 heteroatoms. The van der Waals surface area contributed by atoms with Crippen molar-refractivity contribution in [3.63, 3.8) is 0 Å². The molecule has 1 fully saturated rings. The quantitative estimate of drug-likeness (QED) is 0.532. The largest absolute Gasteiger partial charge is 0.298 e. The fourth-order valence-corrected chi connectivity index (χ4v) is 4.60. The van der Waals surface area contributed by atoms with Crippen LogP contribution in [0.3, 0.4) is 0 Å². The number of para-hydroxylation sites is 1. The summed E-state index contributed by atoms with van der Waals surface area (Å²) in [5.41, 5.74) is 6.43. The van der Waals surface area contributed by atoms with Gasteiger partial charge >= 0.3 is 0 Å². The number of hydrogen-bond acceptors (Lipinski definition) is 3. The Bertz CT molecular complexity index is 1080. The van der Waals surface area contributed by atoms with Gasteiger partial charge in [-0.1, -0.05) is 54.6 Å². The molecule has 0 amide bonds. The second-order valence-electron chi connectivity index (χ2n) is 8.04. The second-order valence-corrected chi connectivity index (χ2v) is 8.04. The van der Waals surface area contributed by atoms with Crippen LogP contribution in [0.25, 0.3) is 10.9 Å². The zero-order chi connectivity index (χ0) is 19.5. The molecule has 0 saturated carbocycles. The molecule has 2 aromatic carbocycles. The van der Waals surface area contributed by atoms with Gasteiger partial charge in [0.15, 0.2) is 0 Å². The van der Waals surface area contributed by atoms with E-state index in [0.717, 1.165) is 31.6 Å². The molecule has 146 valence electrons. The van der Waals surface area contributed by atoms with Crippen molar-refractivity contribution in [3.05, 3.63) is 95.4 Å². The van der Waals surface area contributed by atoms with Crippen molar-refractivity contribution >= 4 is 10.9 Å². The predicted molar refractivity (Wildman–Crippen MR) is 117 cm³/mol. The van der Waals surface area contributed by atoms with Crippen LogP contribution in [0, 0.1) is 0 Å². The van der Waals surface area contributed by atoms with E-state index in [0.29, 0.717) is 5.92 Å². The molecule has 0 spiro atoms. The number of nitrogens with one attached hydrogen (secondary N) is 1. The lowest BCUT2D eigenvalue weighted by atomic mass is 9.90. The van der Waals surface area contributed by atoms with E-state index in [-0.39, 0.29) is 0 Å². The molecule has 0 aliphatic carbocycles. The normalized spacial score (nSPS) is 17.6. The van der Waals surface area contributed by atoms with Gasteiger partial charge in [0.25, 0.3) is 0 Å². The maximum absolute atomic E-state index is 4.63.